The molecule has 2 fully saturated rings. The third-order valence-corrected chi connectivity index (χ3v) is 5.66. The van der Waals surface area contributed by atoms with Crippen LogP contribution in [-0.2, 0) is 11.2 Å². The number of piperidine rings is 1. The number of morpholine rings is 1. The summed E-state index contributed by atoms with van der Waals surface area (Å²) in [6.07, 6.45) is 1.80. The van der Waals surface area contributed by atoms with Crippen LogP contribution >= 0.6 is 0 Å². The molecule has 1 aromatic heterocycles. The van der Waals surface area contributed by atoms with Gasteiger partial charge in [0.1, 0.15) is 0 Å². The molecular weight excluding hydrogens is 358 g/mol. The number of rotatable bonds is 3. The van der Waals surface area contributed by atoms with Gasteiger partial charge in [0.15, 0.2) is 5.82 Å². The molecule has 0 radical (unpaired) electrons. The number of hydrogen-bond donors (Lipinski definition) is 1. The first kappa shape index (κ1) is 18.9. The van der Waals surface area contributed by atoms with Crippen LogP contribution in [0.15, 0.2) is 22.7 Å². The number of carbonyl (C=O) groups excluding carboxylic acids is 1. The zero-order chi connectivity index (χ0) is 19.7. The first-order valence-electron chi connectivity index (χ1n) is 9.86. The lowest BCUT2D eigenvalue weighted by Gasteiger charge is -2.45. The highest BCUT2D eigenvalue weighted by molar-refractivity contribution is 5.91. The van der Waals surface area contributed by atoms with Gasteiger partial charge in [-0.05, 0) is 38.1 Å². The predicted molar refractivity (Wildman–Crippen MR) is 105 cm³/mol. The van der Waals surface area contributed by atoms with Crippen LogP contribution in [0.25, 0.3) is 11.5 Å². The largest absolute Gasteiger partial charge is 0.375 e. The average Bonchev–Trinajstić information content (AvgIpc) is 3.19. The summed E-state index contributed by atoms with van der Waals surface area (Å²) in [4.78, 5) is 21.4. The van der Waals surface area contributed by atoms with E-state index >= 15 is 0 Å². The molecule has 8 nitrogen and oxygen atoms in total. The van der Waals surface area contributed by atoms with Crippen molar-refractivity contribution in [2.45, 2.75) is 38.8 Å². The number of urea groups is 1. The minimum atomic E-state index is -0.0857. The Bertz CT molecular complexity index is 852. The Kier molecular flexibility index (Phi) is 5.32. The fraction of sp³-hybridized carbons (Fsp3) is 0.550. The molecule has 0 saturated carbocycles. The molecule has 0 bridgehead atoms. The predicted octanol–water partition coefficient (Wildman–Crippen LogP) is 2.54. The second-order valence-corrected chi connectivity index (χ2v) is 7.52. The number of carbonyl (C=O) groups is 1. The van der Waals surface area contributed by atoms with E-state index in [0.717, 1.165) is 36.4 Å². The number of aryl methyl sites for hydroxylation is 2. The molecule has 2 aromatic rings. The number of likely N-dealkylation sites (tertiary alicyclic amines) is 1. The van der Waals surface area contributed by atoms with Crippen molar-refractivity contribution in [3.63, 3.8) is 0 Å². The lowest BCUT2D eigenvalue weighted by Crippen LogP contribution is -2.60. The van der Waals surface area contributed by atoms with E-state index in [0.29, 0.717) is 31.2 Å². The number of ether oxygens (including phenoxy) is 1. The number of likely N-dealkylation sites (N-methyl/N-ethyl adjacent to an activating group) is 1. The van der Waals surface area contributed by atoms with Gasteiger partial charge >= 0.3 is 6.03 Å². The molecule has 1 aromatic carbocycles. The van der Waals surface area contributed by atoms with Crippen molar-refractivity contribution in [2.24, 2.45) is 0 Å². The molecule has 150 valence electrons. The van der Waals surface area contributed by atoms with Gasteiger partial charge in [-0.2, -0.15) is 4.98 Å². The molecular formula is C20H27N5O3. The van der Waals surface area contributed by atoms with E-state index in [1.54, 1.807) is 0 Å². The van der Waals surface area contributed by atoms with Crippen LogP contribution in [0.3, 0.4) is 0 Å². The first-order chi connectivity index (χ1) is 13.5. The second kappa shape index (κ2) is 7.89. The number of amides is 2. The van der Waals surface area contributed by atoms with Gasteiger partial charge in [-0.15, -0.1) is 0 Å². The van der Waals surface area contributed by atoms with Crippen molar-refractivity contribution in [3.05, 3.63) is 29.6 Å². The van der Waals surface area contributed by atoms with Crippen LogP contribution < -0.4 is 5.32 Å². The molecule has 4 rings (SSSR count). The summed E-state index contributed by atoms with van der Waals surface area (Å²) in [6.45, 7) is 7.00. The molecule has 0 unspecified atom stereocenters. The van der Waals surface area contributed by atoms with Crippen LogP contribution in [0.4, 0.5) is 10.5 Å². The smallest absolute Gasteiger partial charge is 0.321 e. The van der Waals surface area contributed by atoms with Gasteiger partial charge in [0.2, 0.25) is 0 Å². The van der Waals surface area contributed by atoms with Gasteiger partial charge in [0, 0.05) is 37.3 Å². The fourth-order valence-electron chi connectivity index (χ4n) is 3.82. The first-order valence-corrected chi connectivity index (χ1v) is 9.86. The van der Waals surface area contributed by atoms with Crippen LogP contribution in [0.2, 0.25) is 0 Å². The molecule has 2 aliphatic heterocycles. The van der Waals surface area contributed by atoms with Gasteiger partial charge in [-0.1, -0.05) is 18.1 Å². The SMILES string of the molecule is CCc1noc(-c2ccc(C)c(NC(=O)N3CC[C@H]4OCCN(C)[C@@H]4C3)c2)n1. The van der Waals surface area contributed by atoms with Gasteiger partial charge in [-0.3, -0.25) is 4.90 Å². The molecule has 3 heterocycles. The van der Waals surface area contributed by atoms with Crippen LogP contribution in [0, 0.1) is 6.92 Å². The second-order valence-electron chi connectivity index (χ2n) is 7.52. The summed E-state index contributed by atoms with van der Waals surface area (Å²) in [7, 11) is 2.10. The van der Waals surface area contributed by atoms with E-state index in [1.807, 2.05) is 36.9 Å². The Morgan fingerprint density at radius 2 is 2.21 bits per heavy atom. The Morgan fingerprint density at radius 3 is 3.00 bits per heavy atom. The standard InChI is InChI=1S/C20H27N5O3/c1-4-18-22-19(28-23-18)14-6-5-13(2)15(11-14)21-20(26)25-8-7-17-16(12-25)24(3)9-10-27-17/h5-6,11,16-17H,4,7-10,12H2,1-3H3,(H,21,26)/t16-,17-/m1/s1. The topological polar surface area (TPSA) is 83.7 Å². The number of fused-ring (bicyclic) bond motifs is 1. The Hall–Kier alpha value is -2.45. The summed E-state index contributed by atoms with van der Waals surface area (Å²) in [5, 5.41) is 7.00. The van der Waals surface area contributed by atoms with E-state index in [4.69, 9.17) is 9.26 Å². The van der Waals surface area contributed by atoms with Gasteiger partial charge in [0.25, 0.3) is 5.89 Å². The lowest BCUT2D eigenvalue weighted by molar-refractivity contribution is -0.0875. The van der Waals surface area contributed by atoms with E-state index in [1.165, 1.54) is 0 Å². The Labute approximate surface area is 164 Å². The lowest BCUT2D eigenvalue weighted by atomic mass is 9.99. The molecule has 2 aliphatic rings. The van der Waals surface area contributed by atoms with Gasteiger partial charge in [-0.25, -0.2) is 4.79 Å². The molecule has 0 aliphatic carbocycles. The minimum absolute atomic E-state index is 0.0857. The number of benzene rings is 1. The number of hydrogen-bond acceptors (Lipinski definition) is 6. The Balaban J connectivity index is 1.47. The van der Waals surface area contributed by atoms with Crippen LogP contribution in [-0.4, -0.2) is 71.4 Å². The van der Waals surface area contributed by atoms with Gasteiger partial charge in [0.05, 0.1) is 18.8 Å². The van der Waals surface area contributed by atoms with E-state index in [9.17, 15) is 4.79 Å². The highest BCUT2D eigenvalue weighted by Gasteiger charge is 2.36. The molecule has 2 atom stereocenters. The van der Waals surface area contributed by atoms with Crippen LogP contribution in [0.5, 0.6) is 0 Å². The number of nitrogens with zero attached hydrogens (tertiary/aromatic N) is 4. The van der Waals surface area contributed by atoms with Crippen molar-refractivity contribution < 1.29 is 14.1 Å². The fourth-order valence-corrected chi connectivity index (χ4v) is 3.82. The van der Waals surface area contributed by atoms with E-state index < -0.39 is 0 Å². The number of aromatic nitrogens is 2. The third-order valence-electron chi connectivity index (χ3n) is 5.66. The monoisotopic (exact) mass is 385 g/mol. The van der Waals surface area contributed by atoms with E-state index in [-0.39, 0.29) is 18.2 Å². The summed E-state index contributed by atoms with van der Waals surface area (Å²) in [6, 6.07) is 5.94. The summed E-state index contributed by atoms with van der Waals surface area (Å²) in [5.41, 5.74) is 2.54. The zero-order valence-corrected chi connectivity index (χ0v) is 16.6. The molecule has 2 saturated heterocycles. The van der Waals surface area contributed by atoms with Crippen molar-refractivity contribution in [2.75, 3.05) is 38.6 Å². The van der Waals surface area contributed by atoms with Crippen LogP contribution in [0.1, 0.15) is 24.7 Å². The minimum Gasteiger partial charge on any atom is -0.375 e. The van der Waals surface area contributed by atoms with E-state index in [2.05, 4.69) is 27.4 Å². The average molecular weight is 385 g/mol. The zero-order valence-electron chi connectivity index (χ0n) is 16.6. The van der Waals surface area contributed by atoms with Crippen molar-refractivity contribution in [3.8, 4) is 11.5 Å². The molecule has 1 N–H and O–H groups in total. The van der Waals surface area contributed by atoms with Crippen molar-refractivity contribution in [1.82, 2.24) is 19.9 Å². The maximum Gasteiger partial charge on any atom is 0.321 e. The highest BCUT2D eigenvalue weighted by Crippen LogP contribution is 2.26. The third kappa shape index (κ3) is 3.74. The molecule has 8 heteroatoms. The molecule has 2 amide bonds. The van der Waals surface area contributed by atoms with Crippen molar-refractivity contribution >= 4 is 11.7 Å². The quantitative estimate of drug-likeness (QED) is 0.874. The molecule has 0 spiro atoms. The van der Waals surface area contributed by atoms with Gasteiger partial charge < -0.3 is 19.5 Å². The Morgan fingerprint density at radius 1 is 1.36 bits per heavy atom. The summed E-state index contributed by atoms with van der Waals surface area (Å²) < 4.78 is 11.2. The number of nitrogens with one attached hydrogen (secondary N) is 1. The molecule has 28 heavy (non-hydrogen) atoms. The maximum atomic E-state index is 12.9. The summed E-state index contributed by atoms with van der Waals surface area (Å²) >= 11 is 0. The summed E-state index contributed by atoms with van der Waals surface area (Å²) in [5.74, 6) is 1.14. The maximum absolute atomic E-state index is 12.9. The normalized spacial score (nSPS) is 22.8. The number of anilines is 1. The highest BCUT2D eigenvalue weighted by atomic mass is 16.5. The van der Waals surface area contributed by atoms with Crippen molar-refractivity contribution in [1.29, 1.82) is 0 Å².